The molecule has 0 spiro atoms. The quantitative estimate of drug-likeness (QED) is 0.771. The average Bonchev–Trinajstić information content (AvgIpc) is 2.07. The van der Waals surface area contributed by atoms with Gasteiger partial charge in [0, 0.05) is 5.02 Å². The summed E-state index contributed by atoms with van der Waals surface area (Å²) >= 11 is 5.56. The van der Waals surface area contributed by atoms with Gasteiger partial charge in [-0.25, -0.2) is 9.18 Å². The van der Waals surface area contributed by atoms with Gasteiger partial charge in [-0.3, -0.25) is 0 Å². The van der Waals surface area contributed by atoms with E-state index in [-0.39, 0.29) is 10.6 Å². The van der Waals surface area contributed by atoms with Gasteiger partial charge >= 0.3 is 5.97 Å². The van der Waals surface area contributed by atoms with Crippen molar-refractivity contribution >= 4 is 17.6 Å². The molecule has 0 atom stereocenters. The highest BCUT2D eigenvalue weighted by atomic mass is 35.5. The molecule has 0 aliphatic carbocycles. The predicted molar refractivity (Wildman–Crippen MR) is 44.3 cm³/mol. The third kappa shape index (κ3) is 1.96. The van der Waals surface area contributed by atoms with Crippen molar-refractivity contribution in [1.29, 1.82) is 0 Å². The Morgan fingerprint density at radius 3 is 2.62 bits per heavy atom. The highest BCUT2D eigenvalue weighted by molar-refractivity contribution is 6.31. The zero-order chi connectivity index (χ0) is 10.0. The third-order valence-electron chi connectivity index (χ3n) is 1.54. The first-order valence-electron chi connectivity index (χ1n) is 3.38. The number of aromatic carboxylic acids is 1. The summed E-state index contributed by atoms with van der Waals surface area (Å²) in [6.07, 6.45) is 0. The zero-order valence-electron chi connectivity index (χ0n) is 6.42. The van der Waals surface area contributed by atoms with E-state index in [0.717, 1.165) is 12.1 Å². The van der Waals surface area contributed by atoms with Crippen molar-refractivity contribution in [1.82, 2.24) is 0 Å². The van der Waals surface area contributed by atoms with Crippen molar-refractivity contribution < 1.29 is 19.4 Å². The first kappa shape index (κ1) is 9.95. The van der Waals surface area contributed by atoms with Crippen LogP contribution in [0.5, 0.6) is 0 Å². The molecule has 0 heterocycles. The van der Waals surface area contributed by atoms with E-state index < -0.39 is 24.0 Å². The summed E-state index contributed by atoms with van der Waals surface area (Å²) < 4.78 is 12.9. The molecular weight excluding hydrogens is 199 g/mol. The molecule has 1 aromatic rings. The second-order valence-electron chi connectivity index (χ2n) is 2.39. The maximum Gasteiger partial charge on any atom is 0.338 e. The van der Waals surface area contributed by atoms with E-state index in [4.69, 9.17) is 21.8 Å². The van der Waals surface area contributed by atoms with Crippen LogP contribution in [0, 0.1) is 5.82 Å². The number of benzene rings is 1. The second kappa shape index (κ2) is 3.72. The highest BCUT2D eigenvalue weighted by Crippen LogP contribution is 2.20. The van der Waals surface area contributed by atoms with E-state index >= 15 is 0 Å². The lowest BCUT2D eigenvalue weighted by atomic mass is 10.1. The molecule has 0 unspecified atom stereocenters. The fourth-order valence-electron chi connectivity index (χ4n) is 0.873. The number of carboxylic acids is 1. The molecule has 0 bridgehead atoms. The molecule has 0 saturated carbocycles. The Kier molecular flexibility index (Phi) is 2.85. The topological polar surface area (TPSA) is 57.5 Å². The maximum atomic E-state index is 12.9. The largest absolute Gasteiger partial charge is 0.478 e. The van der Waals surface area contributed by atoms with Crippen LogP contribution in [-0.2, 0) is 6.61 Å². The van der Waals surface area contributed by atoms with E-state index in [1.165, 1.54) is 0 Å². The lowest BCUT2D eigenvalue weighted by molar-refractivity contribution is 0.0691. The van der Waals surface area contributed by atoms with Crippen molar-refractivity contribution in [3.05, 3.63) is 34.1 Å². The van der Waals surface area contributed by atoms with Crippen LogP contribution >= 0.6 is 11.6 Å². The SMILES string of the molecule is O=C(O)c1cc(Cl)c(CO)cc1F. The van der Waals surface area contributed by atoms with Crippen molar-refractivity contribution in [2.24, 2.45) is 0 Å². The van der Waals surface area contributed by atoms with Crippen LogP contribution in [0.25, 0.3) is 0 Å². The number of rotatable bonds is 2. The molecule has 3 nitrogen and oxygen atoms in total. The molecule has 13 heavy (non-hydrogen) atoms. The highest BCUT2D eigenvalue weighted by Gasteiger charge is 2.13. The predicted octanol–water partition coefficient (Wildman–Crippen LogP) is 1.67. The molecule has 0 radical (unpaired) electrons. The Hall–Kier alpha value is -1.13. The molecule has 0 saturated heterocycles. The van der Waals surface area contributed by atoms with Gasteiger partial charge in [-0.1, -0.05) is 11.6 Å². The molecule has 0 amide bonds. The fraction of sp³-hybridized carbons (Fsp3) is 0.125. The monoisotopic (exact) mass is 204 g/mol. The maximum absolute atomic E-state index is 12.9. The smallest absolute Gasteiger partial charge is 0.338 e. The fourth-order valence-corrected chi connectivity index (χ4v) is 1.10. The minimum atomic E-state index is -1.39. The second-order valence-corrected chi connectivity index (χ2v) is 2.79. The first-order valence-corrected chi connectivity index (χ1v) is 3.76. The molecule has 0 aliphatic heterocycles. The molecular formula is C8H6ClFO3. The van der Waals surface area contributed by atoms with Crippen molar-refractivity contribution in [3.63, 3.8) is 0 Å². The summed E-state index contributed by atoms with van der Waals surface area (Å²) in [7, 11) is 0. The molecule has 0 fully saturated rings. The minimum absolute atomic E-state index is 0.0429. The summed E-state index contributed by atoms with van der Waals surface area (Å²) in [5.41, 5.74) is -0.327. The zero-order valence-corrected chi connectivity index (χ0v) is 7.18. The van der Waals surface area contributed by atoms with E-state index in [1.807, 2.05) is 0 Å². The lowest BCUT2D eigenvalue weighted by Crippen LogP contribution is -2.02. The number of carbonyl (C=O) groups is 1. The molecule has 0 aromatic heterocycles. The van der Waals surface area contributed by atoms with Crippen LogP contribution in [0.3, 0.4) is 0 Å². The minimum Gasteiger partial charge on any atom is -0.478 e. The Labute approximate surface area is 78.4 Å². The number of aliphatic hydroxyl groups is 1. The number of carboxylic acid groups (broad SMARTS) is 1. The number of hydrogen-bond acceptors (Lipinski definition) is 2. The van der Waals surface area contributed by atoms with Crippen LogP contribution < -0.4 is 0 Å². The Morgan fingerprint density at radius 1 is 1.54 bits per heavy atom. The van der Waals surface area contributed by atoms with Crippen LogP contribution in [0.2, 0.25) is 5.02 Å². The summed E-state index contributed by atoms with van der Waals surface area (Å²) in [6, 6.07) is 1.89. The van der Waals surface area contributed by atoms with Gasteiger partial charge in [0.15, 0.2) is 0 Å². The van der Waals surface area contributed by atoms with Gasteiger partial charge in [-0.05, 0) is 17.7 Å². The van der Waals surface area contributed by atoms with E-state index in [9.17, 15) is 9.18 Å². The molecule has 1 aromatic carbocycles. The third-order valence-corrected chi connectivity index (χ3v) is 1.89. The van der Waals surface area contributed by atoms with Crippen molar-refractivity contribution in [2.45, 2.75) is 6.61 Å². The van der Waals surface area contributed by atoms with Gasteiger partial charge in [0.25, 0.3) is 0 Å². The number of hydrogen-bond donors (Lipinski definition) is 2. The molecule has 0 aliphatic rings. The Bertz CT molecular complexity index is 351. The molecule has 2 N–H and O–H groups in total. The first-order chi connectivity index (χ1) is 6.06. The van der Waals surface area contributed by atoms with E-state index in [2.05, 4.69) is 0 Å². The van der Waals surface area contributed by atoms with Crippen LogP contribution in [0.1, 0.15) is 15.9 Å². The van der Waals surface area contributed by atoms with Gasteiger partial charge < -0.3 is 10.2 Å². The summed E-state index contributed by atoms with van der Waals surface area (Å²) in [5.74, 6) is -2.29. The van der Waals surface area contributed by atoms with Gasteiger partial charge in [0.2, 0.25) is 0 Å². The van der Waals surface area contributed by atoms with Crippen molar-refractivity contribution in [3.8, 4) is 0 Å². The average molecular weight is 205 g/mol. The van der Waals surface area contributed by atoms with Crippen molar-refractivity contribution in [2.75, 3.05) is 0 Å². The van der Waals surface area contributed by atoms with Crippen LogP contribution in [-0.4, -0.2) is 16.2 Å². The molecule has 70 valence electrons. The van der Waals surface area contributed by atoms with Gasteiger partial charge in [0.05, 0.1) is 12.2 Å². The van der Waals surface area contributed by atoms with E-state index in [0.29, 0.717) is 0 Å². The Morgan fingerprint density at radius 2 is 2.15 bits per heavy atom. The van der Waals surface area contributed by atoms with Gasteiger partial charge in [-0.2, -0.15) is 0 Å². The Balaban J connectivity index is 3.28. The number of halogens is 2. The lowest BCUT2D eigenvalue weighted by Gasteiger charge is -2.02. The standard InChI is InChI=1S/C8H6ClFO3/c9-6-2-5(8(12)13)7(10)1-4(6)3-11/h1-2,11H,3H2,(H,12,13). The summed E-state index contributed by atoms with van der Waals surface area (Å²) in [6.45, 7) is -0.421. The summed E-state index contributed by atoms with van der Waals surface area (Å²) in [5, 5.41) is 17.2. The molecule has 1 rings (SSSR count). The summed E-state index contributed by atoms with van der Waals surface area (Å²) in [4.78, 5) is 10.4. The van der Waals surface area contributed by atoms with E-state index in [1.54, 1.807) is 0 Å². The van der Waals surface area contributed by atoms with Gasteiger partial charge in [0.1, 0.15) is 5.82 Å². The van der Waals surface area contributed by atoms with Crippen LogP contribution in [0.4, 0.5) is 4.39 Å². The molecule has 5 heteroatoms. The normalized spacial score (nSPS) is 10.1. The van der Waals surface area contributed by atoms with Crippen LogP contribution in [0.15, 0.2) is 12.1 Å². The number of aliphatic hydroxyl groups excluding tert-OH is 1. The van der Waals surface area contributed by atoms with Gasteiger partial charge in [-0.15, -0.1) is 0 Å².